The third-order valence-corrected chi connectivity index (χ3v) is 8.23. The number of furan rings is 1. The summed E-state index contributed by atoms with van der Waals surface area (Å²) in [6, 6.07) is 28.9. The average Bonchev–Trinajstić information content (AvgIpc) is 3.32. The summed E-state index contributed by atoms with van der Waals surface area (Å²) in [6.45, 7) is 13.3. The van der Waals surface area contributed by atoms with Crippen molar-refractivity contribution in [3.05, 3.63) is 114 Å². The van der Waals surface area contributed by atoms with Gasteiger partial charge in [-0.15, -0.1) is 0 Å². The van der Waals surface area contributed by atoms with Crippen LogP contribution in [0.2, 0.25) is 0 Å². The van der Waals surface area contributed by atoms with E-state index in [-0.39, 0.29) is 11.2 Å². The van der Waals surface area contributed by atoms with Gasteiger partial charge in [-0.25, -0.2) is 8.96 Å². The molecule has 6 rings (SSSR count). The first-order valence-electron chi connectivity index (χ1n) is 14.8. The van der Waals surface area contributed by atoms with Crippen molar-refractivity contribution in [3.8, 4) is 33.5 Å². The van der Waals surface area contributed by atoms with Gasteiger partial charge in [0.25, 0.3) is 0 Å². The first kappa shape index (κ1) is 27.9. The van der Waals surface area contributed by atoms with Gasteiger partial charge in [0.15, 0.2) is 6.20 Å². The molecule has 0 unspecified atom stereocenters. The Morgan fingerprint density at radius 2 is 1.43 bits per heavy atom. The first-order valence-corrected chi connectivity index (χ1v) is 14.8. The Kier molecular flexibility index (Phi) is 7.01. The molecule has 0 aliphatic heterocycles. The summed E-state index contributed by atoms with van der Waals surface area (Å²) in [5, 5.41) is 1.91. The van der Waals surface area contributed by atoms with Gasteiger partial charge in [0.1, 0.15) is 24.0 Å². The van der Waals surface area contributed by atoms with Gasteiger partial charge in [0.05, 0.1) is 11.1 Å². The zero-order chi connectivity index (χ0) is 29.8. The molecule has 0 aliphatic rings. The second kappa shape index (κ2) is 10.5. The third-order valence-electron chi connectivity index (χ3n) is 8.23. The summed E-state index contributed by atoms with van der Waals surface area (Å²) >= 11 is 0. The number of hydrogen-bond donors (Lipinski definition) is 0. The fourth-order valence-electron chi connectivity index (χ4n) is 6.06. The number of aromatic nitrogens is 1. The molecule has 212 valence electrons. The van der Waals surface area contributed by atoms with Crippen molar-refractivity contribution < 1.29 is 13.4 Å². The van der Waals surface area contributed by atoms with Crippen LogP contribution in [0.25, 0.3) is 55.4 Å². The molecule has 0 aliphatic carbocycles. The summed E-state index contributed by atoms with van der Waals surface area (Å²) < 4.78 is 24.6. The fraction of sp³-hybridized carbons (Fsp3) is 0.256. The minimum absolute atomic E-state index is 0.176. The molecule has 0 fully saturated rings. The van der Waals surface area contributed by atoms with Gasteiger partial charge in [-0.05, 0) is 76.3 Å². The van der Waals surface area contributed by atoms with Crippen molar-refractivity contribution in [3.63, 3.8) is 0 Å². The second-order valence-corrected chi connectivity index (χ2v) is 13.2. The van der Waals surface area contributed by atoms with E-state index in [1.54, 1.807) is 6.07 Å². The molecule has 42 heavy (non-hydrogen) atoms. The normalized spacial score (nSPS) is 12.1. The van der Waals surface area contributed by atoms with Crippen LogP contribution in [0.3, 0.4) is 0 Å². The summed E-state index contributed by atoms with van der Waals surface area (Å²) in [7, 11) is 2.07. The molecule has 2 nitrogen and oxygen atoms in total. The van der Waals surface area contributed by atoms with Gasteiger partial charge in [-0.3, -0.25) is 0 Å². The van der Waals surface area contributed by atoms with E-state index in [0.717, 1.165) is 56.3 Å². The van der Waals surface area contributed by atoms with Crippen LogP contribution >= 0.6 is 0 Å². The molecule has 0 saturated carbocycles. The Morgan fingerprint density at radius 3 is 2.12 bits per heavy atom. The van der Waals surface area contributed by atoms with Crippen molar-refractivity contribution in [2.45, 2.75) is 53.9 Å². The van der Waals surface area contributed by atoms with Gasteiger partial charge in [0.2, 0.25) is 5.69 Å². The van der Waals surface area contributed by atoms with E-state index >= 15 is 4.39 Å². The van der Waals surface area contributed by atoms with Gasteiger partial charge >= 0.3 is 0 Å². The van der Waals surface area contributed by atoms with E-state index in [0.29, 0.717) is 17.1 Å². The standard InChI is InChI=1S/C39H39FNO/c1-24(2)27-12-14-28(15-13-27)29-9-8-10-30(22-29)36-33(40)18-17-32-31-16-11-25(3)35(37(31)42-38(32)36)34-21-26(19-20-41(34)7)23-39(4,5)6/h8-22,24H,23H2,1-7H3/q+1. The first-order chi connectivity index (χ1) is 20.0. The van der Waals surface area contributed by atoms with E-state index in [4.69, 9.17) is 4.42 Å². The fourth-order valence-corrected chi connectivity index (χ4v) is 6.06. The monoisotopic (exact) mass is 556 g/mol. The number of aryl methyl sites for hydroxylation is 2. The van der Waals surface area contributed by atoms with Crippen LogP contribution < -0.4 is 4.57 Å². The van der Waals surface area contributed by atoms with E-state index in [9.17, 15) is 0 Å². The SMILES string of the molecule is Cc1ccc2c(oc3c(-c4cccc(-c5ccc(C(C)C)cc5)c4)c(F)ccc32)c1-c1cc(CC(C)(C)C)cc[n+]1C. The highest BCUT2D eigenvalue weighted by Crippen LogP contribution is 2.42. The van der Waals surface area contributed by atoms with Crippen LogP contribution in [0.1, 0.15) is 57.2 Å². The molecule has 4 aromatic carbocycles. The van der Waals surface area contributed by atoms with Crippen molar-refractivity contribution in [2.24, 2.45) is 12.5 Å². The predicted octanol–water partition coefficient (Wildman–Crippen LogP) is 10.6. The Morgan fingerprint density at radius 1 is 0.762 bits per heavy atom. The Labute approximate surface area is 248 Å². The zero-order valence-electron chi connectivity index (χ0n) is 25.7. The van der Waals surface area contributed by atoms with Crippen LogP contribution in [-0.4, -0.2) is 0 Å². The molecule has 2 heterocycles. The largest absolute Gasteiger partial charge is 0.454 e. The maximum absolute atomic E-state index is 15.7. The molecule has 2 aromatic heterocycles. The zero-order valence-corrected chi connectivity index (χ0v) is 25.7. The number of rotatable bonds is 5. The van der Waals surface area contributed by atoms with Crippen LogP contribution in [0.4, 0.5) is 4.39 Å². The van der Waals surface area contributed by atoms with Gasteiger partial charge in [0, 0.05) is 22.9 Å². The summed E-state index contributed by atoms with van der Waals surface area (Å²) in [5.41, 5.74) is 10.9. The minimum atomic E-state index is -0.287. The van der Waals surface area contributed by atoms with Gasteiger partial charge in [-0.1, -0.05) is 89.2 Å². The Hall–Kier alpha value is -4.24. The molecule has 6 aromatic rings. The quantitative estimate of drug-likeness (QED) is 0.193. The summed E-state index contributed by atoms with van der Waals surface area (Å²) in [4.78, 5) is 0. The molecule has 0 N–H and O–H groups in total. The van der Waals surface area contributed by atoms with Crippen LogP contribution in [0.15, 0.2) is 95.5 Å². The van der Waals surface area contributed by atoms with Crippen molar-refractivity contribution in [1.82, 2.24) is 0 Å². The molecule has 0 saturated heterocycles. The highest BCUT2D eigenvalue weighted by Gasteiger charge is 2.24. The maximum atomic E-state index is 15.7. The van der Waals surface area contributed by atoms with Crippen LogP contribution in [-0.2, 0) is 13.5 Å². The number of benzene rings is 4. The third kappa shape index (κ3) is 5.13. The van der Waals surface area contributed by atoms with E-state index in [1.807, 2.05) is 18.2 Å². The minimum Gasteiger partial charge on any atom is -0.454 e. The van der Waals surface area contributed by atoms with Crippen molar-refractivity contribution >= 4 is 21.9 Å². The molecule has 0 spiro atoms. The number of pyridine rings is 1. The molecular weight excluding hydrogens is 517 g/mol. The number of nitrogens with zero attached hydrogens (tertiary/aromatic N) is 1. The van der Waals surface area contributed by atoms with E-state index < -0.39 is 0 Å². The van der Waals surface area contributed by atoms with Gasteiger partial charge in [-0.2, -0.15) is 0 Å². The van der Waals surface area contributed by atoms with Gasteiger partial charge < -0.3 is 4.42 Å². The van der Waals surface area contributed by atoms with Crippen molar-refractivity contribution in [1.29, 1.82) is 0 Å². The maximum Gasteiger partial charge on any atom is 0.216 e. The van der Waals surface area contributed by atoms with Crippen molar-refractivity contribution in [2.75, 3.05) is 0 Å². The predicted molar refractivity (Wildman–Crippen MR) is 173 cm³/mol. The van der Waals surface area contributed by atoms with E-state index in [1.165, 1.54) is 11.1 Å². The summed E-state index contributed by atoms with van der Waals surface area (Å²) in [6.07, 6.45) is 3.10. The number of hydrogen-bond acceptors (Lipinski definition) is 1. The molecule has 0 radical (unpaired) electrons. The lowest BCUT2D eigenvalue weighted by molar-refractivity contribution is -0.660. The molecule has 0 atom stereocenters. The highest BCUT2D eigenvalue weighted by atomic mass is 19.1. The Bertz CT molecular complexity index is 1940. The second-order valence-electron chi connectivity index (χ2n) is 13.2. The molecule has 0 bridgehead atoms. The number of halogens is 1. The lowest BCUT2D eigenvalue weighted by atomic mass is 9.88. The molecule has 3 heteroatoms. The lowest BCUT2D eigenvalue weighted by Gasteiger charge is -2.18. The van der Waals surface area contributed by atoms with E-state index in [2.05, 4.69) is 120 Å². The Balaban J connectivity index is 1.54. The van der Waals surface area contributed by atoms with Crippen LogP contribution in [0, 0.1) is 18.2 Å². The smallest absolute Gasteiger partial charge is 0.216 e. The van der Waals surface area contributed by atoms with Crippen LogP contribution in [0.5, 0.6) is 0 Å². The average molecular weight is 557 g/mol. The number of fused-ring (bicyclic) bond motifs is 3. The highest BCUT2D eigenvalue weighted by molar-refractivity contribution is 6.13. The molecule has 0 amide bonds. The topological polar surface area (TPSA) is 17.0 Å². The lowest BCUT2D eigenvalue weighted by Crippen LogP contribution is -2.31. The molecular formula is C39H39FNO+. The summed E-state index contributed by atoms with van der Waals surface area (Å²) in [5.74, 6) is 0.187.